The number of hydrogen-bond acceptors (Lipinski definition) is 6. The lowest BCUT2D eigenvalue weighted by atomic mass is 9.88. The van der Waals surface area contributed by atoms with Crippen molar-refractivity contribution in [3.63, 3.8) is 0 Å². The molecule has 1 N–H and O–H groups in total. The number of anilines is 1. The lowest BCUT2D eigenvalue weighted by Crippen LogP contribution is -2.16. The minimum atomic E-state index is -0.549. The molecule has 1 aliphatic carbocycles. The number of ether oxygens (including phenoxy) is 2. The van der Waals surface area contributed by atoms with Gasteiger partial charge in [-0.3, -0.25) is 4.79 Å². The van der Waals surface area contributed by atoms with Crippen molar-refractivity contribution in [1.29, 1.82) is 5.26 Å². The van der Waals surface area contributed by atoms with Gasteiger partial charge < -0.3 is 14.8 Å². The highest BCUT2D eigenvalue weighted by Gasteiger charge is 2.29. The minimum absolute atomic E-state index is 0.0415. The average Bonchev–Trinajstić information content (AvgIpc) is 3.14. The van der Waals surface area contributed by atoms with Crippen molar-refractivity contribution < 1.29 is 19.1 Å². The van der Waals surface area contributed by atoms with Gasteiger partial charge in [-0.05, 0) is 60.9 Å². The number of hydrogen-bond donors (Lipinski definition) is 1. The maximum atomic E-state index is 12.9. The second-order valence-electron chi connectivity index (χ2n) is 7.94. The van der Waals surface area contributed by atoms with Crippen LogP contribution in [0.2, 0.25) is 0 Å². The maximum Gasteiger partial charge on any atom is 0.341 e. The molecule has 0 bridgehead atoms. The van der Waals surface area contributed by atoms with Crippen molar-refractivity contribution >= 4 is 34.3 Å². The number of methoxy groups -OCH3 is 1. The molecule has 1 atom stereocenters. The first-order valence-corrected chi connectivity index (χ1v) is 11.7. The predicted molar refractivity (Wildman–Crippen MR) is 126 cm³/mol. The van der Waals surface area contributed by atoms with Gasteiger partial charge in [0, 0.05) is 4.88 Å². The molecule has 0 aliphatic heterocycles. The van der Waals surface area contributed by atoms with Crippen LogP contribution in [0.1, 0.15) is 59.5 Å². The Morgan fingerprint density at radius 2 is 2.06 bits per heavy atom. The van der Waals surface area contributed by atoms with Crippen LogP contribution in [-0.4, -0.2) is 25.6 Å². The standard InChI is InChI=1S/C25H28N2O4S/c1-4-5-12-31-19-9-7-17(8-10-19)14-18(15-26)23(28)27-24-22(25(29)30-3)20-11-6-16(2)13-21(20)32-24/h7-10,14,16H,4-6,11-13H2,1-3H3,(H,27,28)/b18-14+. The number of nitrogens with zero attached hydrogens (tertiary/aromatic N) is 1. The third-order valence-corrected chi connectivity index (χ3v) is 6.62. The first kappa shape index (κ1) is 23.6. The van der Waals surface area contributed by atoms with E-state index < -0.39 is 11.9 Å². The molecule has 0 fully saturated rings. The molecular formula is C25H28N2O4S. The Balaban J connectivity index is 1.79. The van der Waals surface area contributed by atoms with Crippen LogP contribution in [-0.2, 0) is 22.4 Å². The van der Waals surface area contributed by atoms with E-state index in [2.05, 4.69) is 19.2 Å². The third kappa shape index (κ3) is 5.57. The fraction of sp³-hybridized carbons (Fsp3) is 0.400. The summed E-state index contributed by atoms with van der Waals surface area (Å²) >= 11 is 1.40. The number of esters is 1. The Hall–Kier alpha value is -3.11. The molecule has 2 aromatic rings. The topological polar surface area (TPSA) is 88.4 Å². The van der Waals surface area contributed by atoms with E-state index in [0.29, 0.717) is 28.7 Å². The van der Waals surface area contributed by atoms with Crippen LogP contribution in [0.25, 0.3) is 6.08 Å². The number of amides is 1. The van der Waals surface area contributed by atoms with E-state index >= 15 is 0 Å². The number of carbonyl (C=O) groups is 2. The Labute approximate surface area is 192 Å². The monoisotopic (exact) mass is 452 g/mol. The van der Waals surface area contributed by atoms with E-state index in [1.807, 2.05) is 18.2 Å². The number of benzene rings is 1. The molecule has 0 spiro atoms. The van der Waals surface area contributed by atoms with Crippen molar-refractivity contribution in [2.24, 2.45) is 5.92 Å². The average molecular weight is 453 g/mol. The lowest BCUT2D eigenvalue weighted by molar-refractivity contribution is -0.112. The van der Waals surface area contributed by atoms with Crippen LogP contribution in [0, 0.1) is 17.2 Å². The number of thiophene rings is 1. The van der Waals surface area contributed by atoms with Crippen molar-refractivity contribution in [1.82, 2.24) is 0 Å². The van der Waals surface area contributed by atoms with Gasteiger partial charge in [0.2, 0.25) is 0 Å². The molecule has 0 saturated carbocycles. The number of fused-ring (bicyclic) bond motifs is 1. The van der Waals surface area contributed by atoms with E-state index in [-0.39, 0.29) is 5.57 Å². The third-order valence-electron chi connectivity index (χ3n) is 5.45. The summed E-state index contributed by atoms with van der Waals surface area (Å²) in [5, 5.41) is 12.8. The molecule has 168 valence electrons. The summed E-state index contributed by atoms with van der Waals surface area (Å²) in [6.07, 6.45) is 6.21. The van der Waals surface area contributed by atoms with Gasteiger partial charge in [-0.2, -0.15) is 5.26 Å². The molecule has 1 amide bonds. The quantitative estimate of drug-likeness (QED) is 0.251. The Morgan fingerprint density at radius 1 is 1.31 bits per heavy atom. The second-order valence-corrected chi connectivity index (χ2v) is 9.05. The minimum Gasteiger partial charge on any atom is -0.494 e. The van der Waals surface area contributed by atoms with Gasteiger partial charge in [-0.15, -0.1) is 11.3 Å². The molecule has 6 nitrogen and oxygen atoms in total. The van der Waals surface area contributed by atoms with Crippen LogP contribution in [0.4, 0.5) is 5.00 Å². The summed E-state index contributed by atoms with van der Waals surface area (Å²) in [4.78, 5) is 26.4. The van der Waals surface area contributed by atoms with Crippen molar-refractivity contribution in [2.75, 3.05) is 19.0 Å². The zero-order valence-electron chi connectivity index (χ0n) is 18.7. The van der Waals surface area contributed by atoms with Crippen molar-refractivity contribution in [2.45, 2.75) is 46.0 Å². The summed E-state index contributed by atoms with van der Waals surface area (Å²) in [5.74, 6) is 0.263. The summed E-state index contributed by atoms with van der Waals surface area (Å²) < 4.78 is 10.6. The molecule has 3 rings (SSSR count). The van der Waals surface area contributed by atoms with Gasteiger partial charge in [0.15, 0.2) is 0 Å². The van der Waals surface area contributed by atoms with Gasteiger partial charge in [0.25, 0.3) is 5.91 Å². The number of unbranched alkanes of at least 4 members (excludes halogenated alkanes) is 1. The van der Waals surface area contributed by atoms with Crippen LogP contribution in [0.5, 0.6) is 5.75 Å². The Morgan fingerprint density at radius 3 is 2.72 bits per heavy atom. The zero-order valence-corrected chi connectivity index (χ0v) is 19.5. The highest BCUT2D eigenvalue weighted by Crippen LogP contribution is 2.40. The van der Waals surface area contributed by atoms with E-state index in [1.54, 1.807) is 12.1 Å². The van der Waals surface area contributed by atoms with Gasteiger partial charge in [-0.25, -0.2) is 4.79 Å². The normalized spacial score (nSPS) is 15.4. The number of nitriles is 1. The Kier molecular flexibility index (Phi) is 8.07. The second kappa shape index (κ2) is 11.0. The van der Waals surface area contributed by atoms with Gasteiger partial charge in [0.1, 0.15) is 22.4 Å². The van der Waals surface area contributed by atoms with E-state index in [9.17, 15) is 14.9 Å². The molecule has 1 aromatic carbocycles. The lowest BCUT2D eigenvalue weighted by Gasteiger charge is -2.18. The van der Waals surface area contributed by atoms with Crippen LogP contribution in [0.15, 0.2) is 29.8 Å². The summed E-state index contributed by atoms with van der Waals surface area (Å²) in [7, 11) is 1.33. The molecule has 1 aliphatic rings. The maximum absolute atomic E-state index is 12.9. The Bertz CT molecular complexity index is 1050. The highest BCUT2D eigenvalue weighted by atomic mass is 32.1. The first-order valence-electron chi connectivity index (χ1n) is 10.9. The predicted octanol–water partition coefficient (Wildman–Crippen LogP) is 5.38. The zero-order chi connectivity index (χ0) is 23.1. The van der Waals surface area contributed by atoms with E-state index in [0.717, 1.165) is 48.3 Å². The molecule has 0 radical (unpaired) electrons. The van der Waals surface area contributed by atoms with Crippen molar-refractivity contribution in [3.8, 4) is 11.8 Å². The summed E-state index contributed by atoms with van der Waals surface area (Å²) in [6, 6.07) is 9.21. The summed E-state index contributed by atoms with van der Waals surface area (Å²) in [5.41, 5.74) is 2.04. The molecular weight excluding hydrogens is 424 g/mol. The summed E-state index contributed by atoms with van der Waals surface area (Å²) in [6.45, 7) is 4.94. The molecule has 1 heterocycles. The molecule has 1 aromatic heterocycles. The number of nitrogens with one attached hydrogen (secondary N) is 1. The number of carbonyl (C=O) groups excluding carboxylic acids is 2. The van der Waals surface area contributed by atoms with Gasteiger partial charge >= 0.3 is 5.97 Å². The molecule has 0 saturated heterocycles. The van der Waals surface area contributed by atoms with Gasteiger partial charge in [0.05, 0.1) is 19.3 Å². The molecule has 1 unspecified atom stereocenters. The molecule has 7 heteroatoms. The van der Waals surface area contributed by atoms with E-state index in [1.165, 1.54) is 24.5 Å². The highest BCUT2D eigenvalue weighted by molar-refractivity contribution is 7.17. The smallest absolute Gasteiger partial charge is 0.341 e. The van der Waals surface area contributed by atoms with Crippen LogP contribution < -0.4 is 10.1 Å². The first-order chi connectivity index (χ1) is 15.5. The van der Waals surface area contributed by atoms with Crippen LogP contribution >= 0.6 is 11.3 Å². The largest absolute Gasteiger partial charge is 0.494 e. The number of rotatable bonds is 8. The van der Waals surface area contributed by atoms with Crippen LogP contribution in [0.3, 0.4) is 0 Å². The SMILES string of the molecule is CCCCOc1ccc(/C=C(\C#N)C(=O)Nc2sc3c(c2C(=O)OC)CCC(C)C3)cc1. The van der Waals surface area contributed by atoms with E-state index in [4.69, 9.17) is 9.47 Å². The van der Waals surface area contributed by atoms with Crippen molar-refractivity contribution in [3.05, 3.63) is 51.4 Å². The molecule has 32 heavy (non-hydrogen) atoms. The fourth-order valence-electron chi connectivity index (χ4n) is 3.64. The van der Waals surface area contributed by atoms with Gasteiger partial charge in [-0.1, -0.05) is 32.4 Å². The fourth-order valence-corrected chi connectivity index (χ4v) is 5.03.